The molecule has 0 amide bonds. The number of hydrogen-bond acceptors (Lipinski definition) is 3. The summed E-state index contributed by atoms with van der Waals surface area (Å²) >= 11 is 1.79. The van der Waals surface area contributed by atoms with Gasteiger partial charge in [-0.15, -0.1) is 0 Å². The summed E-state index contributed by atoms with van der Waals surface area (Å²) in [7, 11) is 0. The zero-order valence-electron chi connectivity index (χ0n) is 7.99. The van der Waals surface area contributed by atoms with Gasteiger partial charge in [-0.3, -0.25) is 4.90 Å². The van der Waals surface area contributed by atoms with Crippen LogP contribution >= 0.6 is 11.3 Å². The molecule has 13 heavy (non-hydrogen) atoms. The molecule has 0 saturated carbocycles. The number of thiophene rings is 1. The Labute approximate surface area is 83.6 Å². The van der Waals surface area contributed by atoms with E-state index in [-0.39, 0.29) is 0 Å². The first-order chi connectivity index (χ1) is 6.38. The Kier molecular flexibility index (Phi) is 2.98. The van der Waals surface area contributed by atoms with Crippen LogP contribution in [0, 0.1) is 0 Å². The monoisotopic (exact) mass is 196 g/mol. The van der Waals surface area contributed by atoms with E-state index in [2.05, 4.69) is 34.0 Å². The fraction of sp³-hybridized carbons (Fsp3) is 0.600. The average molecular weight is 196 g/mol. The number of piperazine rings is 1. The molecule has 0 spiro atoms. The smallest absolute Gasteiger partial charge is 0.0329 e. The van der Waals surface area contributed by atoms with Crippen molar-refractivity contribution in [1.82, 2.24) is 10.2 Å². The quantitative estimate of drug-likeness (QED) is 0.774. The maximum absolute atomic E-state index is 3.38. The first-order valence-corrected chi connectivity index (χ1v) is 5.79. The van der Waals surface area contributed by atoms with Gasteiger partial charge in [0.05, 0.1) is 0 Å². The summed E-state index contributed by atoms with van der Waals surface area (Å²) in [6.45, 7) is 6.92. The fourth-order valence-electron chi connectivity index (χ4n) is 1.79. The van der Waals surface area contributed by atoms with Gasteiger partial charge in [0.2, 0.25) is 0 Å². The maximum Gasteiger partial charge on any atom is 0.0329 e. The highest BCUT2D eigenvalue weighted by Crippen LogP contribution is 2.22. The Hall–Kier alpha value is -0.380. The number of nitrogens with one attached hydrogen (secondary N) is 1. The molecule has 1 N–H and O–H groups in total. The zero-order chi connectivity index (χ0) is 9.10. The van der Waals surface area contributed by atoms with Crippen molar-refractivity contribution < 1.29 is 0 Å². The van der Waals surface area contributed by atoms with Crippen LogP contribution in [-0.2, 0) is 0 Å². The van der Waals surface area contributed by atoms with Crippen molar-refractivity contribution in [2.75, 3.05) is 26.2 Å². The van der Waals surface area contributed by atoms with Crippen LogP contribution in [0.3, 0.4) is 0 Å². The van der Waals surface area contributed by atoms with Crippen LogP contribution in [0.2, 0.25) is 0 Å². The molecule has 0 aliphatic carbocycles. The molecular weight excluding hydrogens is 180 g/mol. The second kappa shape index (κ2) is 4.22. The molecule has 2 rings (SSSR count). The molecule has 1 fully saturated rings. The Bertz CT molecular complexity index is 239. The van der Waals surface area contributed by atoms with Crippen molar-refractivity contribution >= 4 is 11.3 Å². The van der Waals surface area contributed by atoms with Crippen LogP contribution in [0.15, 0.2) is 16.8 Å². The van der Waals surface area contributed by atoms with Gasteiger partial charge in [-0.25, -0.2) is 0 Å². The lowest BCUT2D eigenvalue weighted by atomic mass is 10.1. The van der Waals surface area contributed by atoms with E-state index in [0.717, 1.165) is 13.1 Å². The summed E-state index contributed by atoms with van der Waals surface area (Å²) in [5, 5.41) is 7.79. The maximum atomic E-state index is 3.38. The summed E-state index contributed by atoms with van der Waals surface area (Å²) in [4.78, 5) is 2.54. The molecule has 72 valence electrons. The minimum atomic E-state index is 0.591. The molecule has 0 radical (unpaired) electrons. The lowest BCUT2D eigenvalue weighted by molar-refractivity contribution is 0.186. The summed E-state index contributed by atoms with van der Waals surface area (Å²) in [5.74, 6) is 0. The van der Waals surface area contributed by atoms with Gasteiger partial charge in [0.25, 0.3) is 0 Å². The van der Waals surface area contributed by atoms with E-state index in [4.69, 9.17) is 0 Å². The second-order valence-corrected chi connectivity index (χ2v) is 4.30. The first kappa shape index (κ1) is 9.19. The Balaban J connectivity index is 1.99. The summed E-state index contributed by atoms with van der Waals surface area (Å²) in [6, 6.07) is 2.82. The van der Waals surface area contributed by atoms with Gasteiger partial charge in [0.15, 0.2) is 0 Å². The molecule has 1 aliphatic heterocycles. The normalized spacial score (nSPS) is 21.6. The van der Waals surface area contributed by atoms with Gasteiger partial charge >= 0.3 is 0 Å². The van der Waals surface area contributed by atoms with Gasteiger partial charge in [0.1, 0.15) is 0 Å². The van der Waals surface area contributed by atoms with Gasteiger partial charge < -0.3 is 5.32 Å². The van der Waals surface area contributed by atoms with Crippen LogP contribution in [-0.4, -0.2) is 31.1 Å². The number of rotatable bonds is 2. The standard InChI is InChI=1S/C10H16N2S/c1-9(10-2-7-13-8-10)12-5-3-11-4-6-12/h2,7-9,11H,3-6H2,1H3/t9-/m0/s1. The molecule has 1 saturated heterocycles. The van der Waals surface area contributed by atoms with E-state index < -0.39 is 0 Å². The minimum absolute atomic E-state index is 0.591. The van der Waals surface area contributed by atoms with E-state index >= 15 is 0 Å². The summed E-state index contributed by atoms with van der Waals surface area (Å²) in [5.41, 5.74) is 1.46. The van der Waals surface area contributed by atoms with Crippen molar-refractivity contribution in [3.63, 3.8) is 0 Å². The van der Waals surface area contributed by atoms with Crippen LogP contribution in [0.4, 0.5) is 0 Å². The molecule has 0 bridgehead atoms. The molecule has 1 aromatic heterocycles. The molecule has 2 heterocycles. The Morgan fingerprint density at radius 3 is 2.85 bits per heavy atom. The average Bonchev–Trinajstić information content (AvgIpc) is 2.71. The highest BCUT2D eigenvalue weighted by atomic mass is 32.1. The molecule has 1 aromatic rings. The third-order valence-electron chi connectivity index (χ3n) is 2.72. The van der Waals surface area contributed by atoms with Gasteiger partial charge in [-0.2, -0.15) is 11.3 Å². The van der Waals surface area contributed by atoms with Crippen LogP contribution in [0.5, 0.6) is 0 Å². The van der Waals surface area contributed by atoms with Crippen molar-refractivity contribution in [2.24, 2.45) is 0 Å². The summed E-state index contributed by atoms with van der Waals surface area (Å²) in [6.07, 6.45) is 0. The molecule has 0 aromatic carbocycles. The minimum Gasteiger partial charge on any atom is -0.314 e. The van der Waals surface area contributed by atoms with Crippen molar-refractivity contribution in [3.8, 4) is 0 Å². The third kappa shape index (κ3) is 2.10. The highest BCUT2D eigenvalue weighted by molar-refractivity contribution is 7.07. The van der Waals surface area contributed by atoms with Crippen molar-refractivity contribution in [2.45, 2.75) is 13.0 Å². The van der Waals surface area contributed by atoms with Crippen molar-refractivity contribution in [1.29, 1.82) is 0 Å². The molecule has 2 nitrogen and oxygen atoms in total. The molecule has 1 aliphatic rings. The topological polar surface area (TPSA) is 15.3 Å². The Morgan fingerprint density at radius 1 is 1.46 bits per heavy atom. The molecular formula is C10H16N2S. The lowest BCUT2D eigenvalue weighted by Crippen LogP contribution is -2.44. The van der Waals surface area contributed by atoms with E-state index in [1.165, 1.54) is 18.7 Å². The van der Waals surface area contributed by atoms with E-state index in [9.17, 15) is 0 Å². The van der Waals surface area contributed by atoms with E-state index in [1.54, 1.807) is 11.3 Å². The van der Waals surface area contributed by atoms with Gasteiger partial charge in [0, 0.05) is 32.2 Å². The predicted octanol–water partition coefficient (Wildman–Crippen LogP) is 1.71. The van der Waals surface area contributed by atoms with E-state index in [0.29, 0.717) is 6.04 Å². The van der Waals surface area contributed by atoms with Crippen molar-refractivity contribution in [3.05, 3.63) is 22.4 Å². The van der Waals surface area contributed by atoms with Gasteiger partial charge in [-0.1, -0.05) is 0 Å². The number of nitrogens with zero attached hydrogens (tertiary/aromatic N) is 1. The molecule has 3 heteroatoms. The largest absolute Gasteiger partial charge is 0.314 e. The summed E-state index contributed by atoms with van der Waals surface area (Å²) < 4.78 is 0. The first-order valence-electron chi connectivity index (χ1n) is 4.85. The fourth-order valence-corrected chi connectivity index (χ4v) is 2.54. The zero-order valence-corrected chi connectivity index (χ0v) is 8.81. The second-order valence-electron chi connectivity index (χ2n) is 3.52. The Morgan fingerprint density at radius 2 is 2.23 bits per heavy atom. The van der Waals surface area contributed by atoms with E-state index in [1.807, 2.05) is 0 Å². The van der Waals surface area contributed by atoms with Crippen LogP contribution in [0.1, 0.15) is 18.5 Å². The third-order valence-corrected chi connectivity index (χ3v) is 3.43. The number of hydrogen-bond donors (Lipinski definition) is 1. The SMILES string of the molecule is C[C@@H](c1ccsc1)N1CCNCC1. The molecule has 0 unspecified atom stereocenters. The van der Waals surface area contributed by atoms with Crippen LogP contribution in [0.25, 0.3) is 0 Å². The lowest BCUT2D eigenvalue weighted by Gasteiger charge is -2.32. The predicted molar refractivity (Wildman–Crippen MR) is 57.2 cm³/mol. The highest BCUT2D eigenvalue weighted by Gasteiger charge is 2.17. The molecule has 1 atom stereocenters. The van der Waals surface area contributed by atoms with Crippen LogP contribution < -0.4 is 5.32 Å². The van der Waals surface area contributed by atoms with Gasteiger partial charge in [-0.05, 0) is 29.3 Å².